The number of carbonyl (C=O) groups is 2. The van der Waals surface area contributed by atoms with E-state index in [0.717, 1.165) is 5.56 Å². The predicted octanol–water partition coefficient (Wildman–Crippen LogP) is 3.07. The molecule has 7 heteroatoms. The minimum absolute atomic E-state index is 0.0245. The molecule has 0 bridgehead atoms. The fourth-order valence-electron chi connectivity index (χ4n) is 3.85. The second kappa shape index (κ2) is 10.1. The van der Waals surface area contributed by atoms with Crippen molar-refractivity contribution in [1.82, 2.24) is 9.80 Å². The number of carboxylic acids is 1. The number of hydrogen-bond acceptors (Lipinski definition) is 5. The van der Waals surface area contributed by atoms with E-state index in [1.807, 2.05) is 35.2 Å². The molecule has 1 saturated heterocycles. The molecule has 0 saturated carbocycles. The van der Waals surface area contributed by atoms with Crippen molar-refractivity contribution in [1.29, 1.82) is 0 Å². The number of carboxylic acid groups (broad SMARTS) is 1. The van der Waals surface area contributed by atoms with Gasteiger partial charge < -0.3 is 19.5 Å². The van der Waals surface area contributed by atoms with Crippen LogP contribution in [0.4, 0.5) is 0 Å². The minimum atomic E-state index is -0.795. The van der Waals surface area contributed by atoms with Gasteiger partial charge in [-0.2, -0.15) is 0 Å². The summed E-state index contributed by atoms with van der Waals surface area (Å²) in [6.45, 7) is 2.53. The lowest BCUT2D eigenvalue weighted by atomic mass is 9.99. The summed E-state index contributed by atoms with van der Waals surface area (Å²) in [5.41, 5.74) is 1.64. The second-order valence-corrected chi connectivity index (χ2v) is 7.29. The third-order valence-electron chi connectivity index (χ3n) is 5.46. The molecule has 2 aromatic rings. The summed E-state index contributed by atoms with van der Waals surface area (Å²) in [6.07, 6.45) is 0.655. The van der Waals surface area contributed by atoms with Gasteiger partial charge in [0.25, 0.3) is 5.91 Å². The van der Waals surface area contributed by atoms with Gasteiger partial charge in [-0.25, -0.2) is 0 Å². The van der Waals surface area contributed by atoms with E-state index in [1.165, 1.54) is 0 Å². The molecule has 1 amide bonds. The standard InChI is InChI=1S/C23H28N2O5/c1-29-19-14-18(15-20(16-19)30-2)23(28)25-12-10-24(11-13-25)21(8-9-22(26)27)17-6-4-3-5-7-17/h3-7,14-16,21H,8-13H2,1-2H3,(H,26,27)/t21-/m0/s1. The number of hydrogen-bond donors (Lipinski definition) is 1. The van der Waals surface area contributed by atoms with Crippen LogP contribution in [0, 0.1) is 0 Å². The number of methoxy groups -OCH3 is 2. The van der Waals surface area contributed by atoms with E-state index in [-0.39, 0.29) is 18.4 Å². The molecule has 0 spiro atoms. The summed E-state index contributed by atoms with van der Waals surface area (Å²) in [4.78, 5) is 28.2. The number of piperazine rings is 1. The minimum Gasteiger partial charge on any atom is -0.497 e. The molecule has 1 N–H and O–H groups in total. The molecule has 0 aromatic heterocycles. The van der Waals surface area contributed by atoms with Gasteiger partial charge in [-0.3, -0.25) is 14.5 Å². The average molecular weight is 412 g/mol. The highest BCUT2D eigenvalue weighted by molar-refractivity contribution is 5.95. The van der Waals surface area contributed by atoms with Crippen molar-refractivity contribution in [3.05, 3.63) is 59.7 Å². The van der Waals surface area contributed by atoms with Crippen molar-refractivity contribution in [3.63, 3.8) is 0 Å². The molecule has 2 aromatic carbocycles. The van der Waals surface area contributed by atoms with Gasteiger partial charge in [-0.05, 0) is 24.1 Å². The number of ether oxygens (including phenoxy) is 2. The molecule has 1 aliphatic rings. The zero-order valence-electron chi connectivity index (χ0n) is 17.4. The van der Waals surface area contributed by atoms with Crippen molar-refractivity contribution in [2.75, 3.05) is 40.4 Å². The molecular formula is C23H28N2O5. The lowest BCUT2D eigenvalue weighted by Gasteiger charge is -2.39. The van der Waals surface area contributed by atoms with Gasteiger partial charge in [0, 0.05) is 50.3 Å². The summed E-state index contributed by atoms with van der Waals surface area (Å²) in [6, 6.07) is 15.2. The van der Waals surface area contributed by atoms with Crippen molar-refractivity contribution < 1.29 is 24.2 Å². The largest absolute Gasteiger partial charge is 0.497 e. The molecule has 30 heavy (non-hydrogen) atoms. The first-order valence-corrected chi connectivity index (χ1v) is 10.0. The van der Waals surface area contributed by atoms with Crippen molar-refractivity contribution >= 4 is 11.9 Å². The Morgan fingerprint density at radius 3 is 2.10 bits per heavy atom. The summed E-state index contributed by atoms with van der Waals surface area (Å²) >= 11 is 0. The van der Waals surface area contributed by atoms with Crippen LogP contribution in [-0.4, -0.2) is 67.2 Å². The van der Waals surface area contributed by atoms with E-state index in [1.54, 1.807) is 32.4 Å². The van der Waals surface area contributed by atoms with Crippen LogP contribution >= 0.6 is 0 Å². The van der Waals surface area contributed by atoms with Crippen LogP contribution in [0.2, 0.25) is 0 Å². The van der Waals surface area contributed by atoms with Crippen LogP contribution in [0.3, 0.4) is 0 Å². The topological polar surface area (TPSA) is 79.3 Å². The Kier molecular flexibility index (Phi) is 7.30. The number of aliphatic carboxylic acids is 1. The number of benzene rings is 2. The van der Waals surface area contributed by atoms with E-state index in [4.69, 9.17) is 14.6 Å². The van der Waals surface area contributed by atoms with Gasteiger partial charge in [0.2, 0.25) is 0 Å². The molecule has 1 fully saturated rings. The number of rotatable bonds is 8. The number of carbonyl (C=O) groups excluding carboxylic acids is 1. The molecular weight excluding hydrogens is 384 g/mol. The maximum absolute atomic E-state index is 13.0. The molecule has 0 unspecified atom stereocenters. The third kappa shape index (κ3) is 5.30. The van der Waals surface area contributed by atoms with E-state index in [2.05, 4.69) is 4.90 Å². The first-order valence-electron chi connectivity index (χ1n) is 10.0. The summed E-state index contributed by atoms with van der Waals surface area (Å²) in [5, 5.41) is 9.14. The van der Waals surface area contributed by atoms with Crippen LogP contribution in [0.15, 0.2) is 48.5 Å². The Balaban J connectivity index is 1.69. The lowest BCUT2D eigenvalue weighted by Crippen LogP contribution is -2.49. The molecule has 7 nitrogen and oxygen atoms in total. The van der Waals surface area contributed by atoms with Gasteiger partial charge in [-0.15, -0.1) is 0 Å². The van der Waals surface area contributed by atoms with Gasteiger partial charge in [0.1, 0.15) is 11.5 Å². The summed E-state index contributed by atoms with van der Waals surface area (Å²) in [5.74, 6) is 0.300. The molecule has 0 radical (unpaired) electrons. The first-order chi connectivity index (χ1) is 14.5. The number of amides is 1. The van der Waals surface area contributed by atoms with Crippen LogP contribution < -0.4 is 9.47 Å². The van der Waals surface area contributed by atoms with Gasteiger partial charge >= 0.3 is 5.97 Å². The molecule has 160 valence electrons. The van der Waals surface area contributed by atoms with Crippen LogP contribution in [0.5, 0.6) is 11.5 Å². The number of nitrogens with zero attached hydrogens (tertiary/aromatic N) is 2. The highest BCUT2D eigenvalue weighted by atomic mass is 16.5. The van der Waals surface area contributed by atoms with E-state index < -0.39 is 5.97 Å². The maximum atomic E-state index is 13.0. The van der Waals surface area contributed by atoms with Gasteiger partial charge in [0.05, 0.1) is 14.2 Å². The maximum Gasteiger partial charge on any atom is 0.303 e. The summed E-state index contributed by atoms with van der Waals surface area (Å²) < 4.78 is 10.5. The van der Waals surface area contributed by atoms with Crippen molar-refractivity contribution in [2.45, 2.75) is 18.9 Å². The molecule has 1 heterocycles. The monoisotopic (exact) mass is 412 g/mol. The van der Waals surface area contributed by atoms with E-state index in [9.17, 15) is 9.59 Å². The Bertz CT molecular complexity index is 841. The highest BCUT2D eigenvalue weighted by Gasteiger charge is 2.28. The average Bonchev–Trinajstić information content (AvgIpc) is 2.79. The Hall–Kier alpha value is -3.06. The SMILES string of the molecule is COc1cc(OC)cc(C(=O)N2CCN([C@@H](CCC(=O)O)c3ccccc3)CC2)c1. The Morgan fingerprint density at radius 2 is 1.57 bits per heavy atom. The smallest absolute Gasteiger partial charge is 0.303 e. The second-order valence-electron chi connectivity index (χ2n) is 7.29. The predicted molar refractivity (Wildman–Crippen MR) is 113 cm³/mol. The Morgan fingerprint density at radius 1 is 0.967 bits per heavy atom. The van der Waals surface area contributed by atoms with Crippen LogP contribution in [-0.2, 0) is 4.79 Å². The van der Waals surface area contributed by atoms with Crippen LogP contribution in [0.1, 0.15) is 34.8 Å². The van der Waals surface area contributed by atoms with E-state index >= 15 is 0 Å². The van der Waals surface area contributed by atoms with Crippen molar-refractivity contribution in [3.8, 4) is 11.5 Å². The summed E-state index contributed by atoms with van der Waals surface area (Å²) in [7, 11) is 3.12. The fourth-order valence-corrected chi connectivity index (χ4v) is 3.85. The van der Waals surface area contributed by atoms with Crippen LogP contribution in [0.25, 0.3) is 0 Å². The molecule has 3 rings (SSSR count). The molecule has 1 aliphatic heterocycles. The third-order valence-corrected chi connectivity index (χ3v) is 5.46. The molecule has 1 atom stereocenters. The normalized spacial score (nSPS) is 15.5. The molecule has 0 aliphatic carbocycles. The first kappa shape index (κ1) is 21.6. The van der Waals surface area contributed by atoms with Gasteiger partial charge in [0.15, 0.2) is 0 Å². The Labute approximate surface area is 176 Å². The zero-order chi connectivity index (χ0) is 21.5. The fraction of sp³-hybridized carbons (Fsp3) is 0.391. The quantitative estimate of drug-likeness (QED) is 0.718. The zero-order valence-corrected chi connectivity index (χ0v) is 17.4. The lowest BCUT2D eigenvalue weighted by molar-refractivity contribution is -0.137. The van der Waals surface area contributed by atoms with E-state index in [0.29, 0.717) is 49.7 Å². The highest BCUT2D eigenvalue weighted by Crippen LogP contribution is 2.28. The van der Waals surface area contributed by atoms with Crippen molar-refractivity contribution in [2.24, 2.45) is 0 Å². The van der Waals surface area contributed by atoms with Gasteiger partial charge in [-0.1, -0.05) is 30.3 Å².